The Balaban J connectivity index is 1.54. The smallest absolute Gasteiger partial charge is 0.343 e. The normalized spacial score (nSPS) is 13.0. The fourth-order valence-corrected chi connectivity index (χ4v) is 3.96. The van der Waals surface area contributed by atoms with Crippen LogP contribution in [0.4, 0.5) is 5.69 Å². The summed E-state index contributed by atoms with van der Waals surface area (Å²) in [6.45, 7) is 5.50. The number of fused-ring (bicyclic) bond motifs is 1. The number of halogens is 1. The quantitative estimate of drug-likeness (QED) is 0.0484. The predicted octanol–water partition coefficient (Wildman–Crippen LogP) is 4.64. The maximum Gasteiger partial charge on any atom is 0.343 e. The zero-order valence-electron chi connectivity index (χ0n) is 24.4. The van der Waals surface area contributed by atoms with Gasteiger partial charge in [0.2, 0.25) is 6.79 Å². The Bertz CT molecular complexity index is 1700. The lowest BCUT2D eigenvalue weighted by atomic mass is 10.1. The van der Waals surface area contributed by atoms with Crippen LogP contribution in [0.1, 0.15) is 33.2 Å². The van der Waals surface area contributed by atoms with Gasteiger partial charge in [0.15, 0.2) is 17.2 Å². The number of quaternary nitrogens is 1. The number of hydrogen-bond acceptors (Lipinski definition) is 8. The number of nitrogens with one attached hydrogen (secondary N) is 2. The van der Waals surface area contributed by atoms with E-state index in [0.717, 1.165) is 5.69 Å². The van der Waals surface area contributed by atoms with Crippen molar-refractivity contribution < 1.29 is 38.9 Å². The Morgan fingerprint density at radius 2 is 1.71 bits per heavy atom. The van der Waals surface area contributed by atoms with Crippen molar-refractivity contribution in [3.05, 3.63) is 130 Å². The molecule has 0 saturated heterocycles. The van der Waals surface area contributed by atoms with Gasteiger partial charge in [-0.2, -0.15) is 10.6 Å². The number of ether oxygens (including phenoxy) is 3. The van der Waals surface area contributed by atoms with Crippen molar-refractivity contribution >= 4 is 51.7 Å². The molecule has 0 aliphatic carbocycles. The van der Waals surface area contributed by atoms with Gasteiger partial charge < -0.3 is 19.5 Å². The van der Waals surface area contributed by atoms with Crippen molar-refractivity contribution in [2.24, 2.45) is 5.10 Å². The van der Waals surface area contributed by atoms with Gasteiger partial charge in [-0.1, -0.05) is 46.8 Å². The molecule has 0 aromatic heterocycles. The Labute approximate surface area is 268 Å². The monoisotopic (exact) mass is 673 g/mol. The third-order valence-electron chi connectivity index (χ3n) is 6.07. The van der Waals surface area contributed by atoms with Crippen molar-refractivity contribution in [1.29, 1.82) is 0 Å². The van der Waals surface area contributed by atoms with Crippen LogP contribution >= 0.6 is 15.9 Å². The maximum atomic E-state index is 13.2. The highest BCUT2D eigenvalue weighted by atomic mass is 79.9. The number of rotatable bonds is 12. The van der Waals surface area contributed by atoms with Gasteiger partial charge in [-0.3, -0.25) is 9.59 Å². The second kappa shape index (κ2) is 16.0. The van der Waals surface area contributed by atoms with E-state index in [0.29, 0.717) is 38.2 Å². The van der Waals surface area contributed by atoms with Crippen LogP contribution in [0, 0.1) is 0 Å². The molecule has 3 aromatic rings. The van der Waals surface area contributed by atoms with E-state index >= 15 is 0 Å². The van der Waals surface area contributed by atoms with Crippen LogP contribution in [0.2, 0.25) is 0 Å². The SMILES string of the molecule is C=C(Br)\C=C/C(OC(=O)c1ccc([NH2+]OC)cc1)=C(C)/C=N/NC(=O)/C(=C\c1ccc2c(c1)OCO2)NC(=O)c1ccccc1. The van der Waals surface area contributed by atoms with E-state index in [9.17, 15) is 14.4 Å². The lowest BCUT2D eigenvalue weighted by Crippen LogP contribution is -2.75. The molecule has 4 N–H and O–H groups in total. The lowest BCUT2D eigenvalue weighted by Gasteiger charge is -2.10. The van der Waals surface area contributed by atoms with Gasteiger partial charge in [0.05, 0.1) is 18.9 Å². The Morgan fingerprint density at radius 1 is 0.978 bits per heavy atom. The molecule has 2 amide bonds. The van der Waals surface area contributed by atoms with E-state index in [2.05, 4.69) is 38.4 Å². The van der Waals surface area contributed by atoms with Gasteiger partial charge in [-0.05, 0) is 67.1 Å². The molecule has 0 spiro atoms. The largest absolute Gasteiger partial charge is 0.454 e. The molecule has 0 saturated carbocycles. The molecule has 0 atom stereocenters. The molecule has 11 nitrogen and oxygen atoms in total. The summed E-state index contributed by atoms with van der Waals surface area (Å²) in [4.78, 5) is 44.0. The lowest BCUT2D eigenvalue weighted by molar-refractivity contribution is -0.830. The van der Waals surface area contributed by atoms with Crippen molar-refractivity contribution in [2.75, 3.05) is 13.9 Å². The summed E-state index contributed by atoms with van der Waals surface area (Å²) in [5, 5.41) is 6.68. The van der Waals surface area contributed by atoms with Crippen LogP contribution < -0.4 is 25.7 Å². The molecule has 0 bridgehead atoms. The second-order valence-electron chi connectivity index (χ2n) is 9.38. The van der Waals surface area contributed by atoms with Crippen molar-refractivity contribution in [1.82, 2.24) is 10.7 Å². The Hall–Kier alpha value is -5.30. The first-order valence-electron chi connectivity index (χ1n) is 13.5. The molecule has 0 radical (unpaired) electrons. The van der Waals surface area contributed by atoms with E-state index in [4.69, 9.17) is 19.0 Å². The van der Waals surface area contributed by atoms with Gasteiger partial charge in [-0.15, -0.1) is 0 Å². The third-order valence-corrected chi connectivity index (χ3v) is 6.33. The molecule has 12 heteroatoms. The van der Waals surface area contributed by atoms with Crippen LogP contribution in [0.15, 0.2) is 118 Å². The van der Waals surface area contributed by atoms with Crippen molar-refractivity contribution in [3.63, 3.8) is 0 Å². The third kappa shape index (κ3) is 9.60. The number of nitrogens with zero attached hydrogens (tertiary/aromatic N) is 1. The number of carbonyl (C=O) groups excluding carboxylic acids is 3. The number of hydrazone groups is 1. The zero-order valence-corrected chi connectivity index (χ0v) is 26.0. The number of esters is 1. The number of benzene rings is 3. The summed E-state index contributed by atoms with van der Waals surface area (Å²) in [5.74, 6) is -0.527. The van der Waals surface area contributed by atoms with E-state index in [1.54, 1.807) is 91.3 Å². The van der Waals surface area contributed by atoms with Crippen LogP contribution in [-0.2, 0) is 14.4 Å². The van der Waals surface area contributed by atoms with Crippen LogP contribution in [0.3, 0.4) is 0 Å². The minimum absolute atomic E-state index is 0.0715. The highest BCUT2D eigenvalue weighted by molar-refractivity contribution is 9.11. The van der Waals surface area contributed by atoms with Crippen LogP contribution in [-0.4, -0.2) is 37.9 Å². The number of amides is 2. The van der Waals surface area contributed by atoms with E-state index in [-0.39, 0.29) is 18.2 Å². The fraction of sp³-hybridized carbons (Fsp3) is 0.0909. The standard InChI is InChI=1S/C33H29BrN4O7/c1-21(28(15-9-22(2)34)45-33(41)25-11-13-26(14-12-25)38-42-3)19-35-37-32(40)27(36-31(39)24-7-5-4-6-8-24)17-23-10-16-29-30(18-23)44-20-43-29/h4-19,38H,2,20H2,1,3H3,(H,36,39)(H,37,40)/p+1/b15-9-,27-17+,28-21-,35-19+. The summed E-state index contributed by atoms with van der Waals surface area (Å²) in [6, 6.07) is 20.2. The number of allylic oxidation sites excluding steroid dienone is 4. The minimum atomic E-state index is -0.697. The van der Waals surface area contributed by atoms with Crippen LogP contribution in [0.25, 0.3) is 6.08 Å². The van der Waals surface area contributed by atoms with Gasteiger partial charge >= 0.3 is 5.97 Å². The van der Waals surface area contributed by atoms with Gasteiger partial charge in [0.1, 0.15) is 11.5 Å². The first kappa shape index (κ1) is 32.6. The summed E-state index contributed by atoms with van der Waals surface area (Å²) in [6.07, 6.45) is 5.94. The Kier molecular flexibility index (Phi) is 11.6. The van der Waals surface area contributed by atoms with E-state index in [1.807, 2.05) is 0 Å². The minimum Gasteiger partial charge on any atom is -0.454 e. The average molecular weight is 675 g/mol. The summed E-state index contributed by atoms with van der Waals surface area (Å²) in [5.41, 5.74) is 6.35. The molecule has 1 aliphatic rings. The van der Waals surface area contributed by atoms with Gasteiger partial charge in [0, 0.05) is 27.8 Å². The first-order chi connectivity index (χ1) is 21.7. The summed E-state index contributed by atoms with van der Waals surface area (Å²) in [7, 11) is 1.54. The van der Waals surface area contributed by atoms with E-state index in [1.165, 1.54) is 25.5 Å². The zero-order chi connectivity index (χ0) is 32.2. The van der Waals surface area contributed by atoms with E-state index < -0.39 is 17.8 Å². The second-order valence-corrected chi connectivity index (χ2v) is 10.4. The fourth-order valence-electron chi connectivity index (χ4n) is 3.83. The molecule has 45 heavy (non-hydrogen) atoms. The summed E-state index contributed by atoms with van der Waals surface area (Å²) < 4.78 is 16.9. The predicted molar refractivity (Wildman–Crippen MR) is 171 cm³/mol. The van der Waals surface area contributed by atoms with Crippen molar-refractivity contribution in [2.45, 2.75) is 6.92 Å². The molecule has 0 unspecified atom stereocenters. The molecule has 1 heterocycles. The topological polar surface area (TPSA) is 141 Å². The number of nitrogens with two attached hydrogens (primary N) is 1. The maximum absolute atomic E-state index is 13.2. The highest BCUT2D eigenvalue weighted by Crippen LogP contribution is 2.33. The molecule has 4 rings (SSSR count). The van der Waals surface area contributed by atoms with Gasteiger partial charge in [0.25, 0.3) is 11.8 Å². The molecule has 3 aromatic carbocycles. The Morgan fingerprint density at radius 3 is 2.42 bits per heavy atom. The molecule has 0 fully saturated rings. The highest BCUT2D eigenvalue weighted by Gasteiger charge is 2.17. The molecular weight excluding hydrogens is 644 g/mol. The first-order valence-corrected chi connectivity index (χ1v) is 14.3. The van der Waals surface area contributed by atoms with Crippen LogP contribution in [0.5, 0.6) is 11.5 Å². The average Bonchev–Trinajstić information content (AvgIpc) is 3.51. The number of hydrogen-bond donors (Lipinski definition) is 3. The van der Waals surface area contributed by atoms with Gasteiger partial charge in [-0.25, -0.2) is 15.1 Å². The molecular formula is C33H30BrN4O7+. The number of carbonyl (C=O) groups is 3. The van der Waals surface area contributed by atoms with Crippen molar-refractivity contribution in [3.8, 4) is 11.5 Å². The summed E-state index contributed by atoms with van der Waals surface area (Å²) >= 11 is 3.25. The molecule has 1 aliphatic heterocycles. The molecule has 230 valence electrons.